The molecule has 0 aliphatic rings. The molecule has 0 saturated carbocycles. The van der Waals surface area contributed by atoms with Gasteiger partial charge in [0.2, 0.25) is 0 Å². The molecule has 0 rings (SSSR count). The number of hydrogen-bond acceptors (Lipinski definition) is 6. The largest absolute Gasteiger partial charge is 0.462 e. The molecule has 75 heavy (non-hydrogen) atoms. The third-order valence-corrected chi connectivity index (χ3v) is 16.1. The summed E-state index contributed by atoms with van der Waals surface area (Å²) in [5.74, 6) is -0.828. The van der Waals surface area contributed by atoms with Gasteiger partial charge in [-0.15, -0.1) is 0 Å². The highest BCUT2D eigenvalue weighted by Crippen LogP contribution is 2.19. The monoisotopic (exact) mass is 1060 g/mol. The molecule has 1 atom stereocenters. The molecule has 0 bridgehead atoms. The van der Waals surface area contributed by atoms with Crippen LogP contribution in [0.15, 0.2) is 0 Å². The molecule has 0 radical (unpaired) electrons. The first-order valence-corrected chi connectivity index (χ1v) is 34.5. The SMILES string of the molecule is CCCCCCCCCCCCCCCCCCCCCCCCCCCCCCCCCCC(=O)OCC(COC(=O)CCCCCCCCCCCCCC)OC(=O)CCCCCCCCCCCCCCC. The first kappa shape index (κ1) is 73.4. The minimum Gasteiger partial charge on any atom is -0.462 e. The average molecular weight is 1060 g/mol. The van der Waals surface area contributed by atoms with Crippen LogP contribution in [0.1, 0.15) is 406 Å². The topological polar surface area (TPSA) is 78.9 Å². The van der Waals surface area contributed by atoms with E-state index in [1.807, 2.05) is 0 Å². The van der Waals surface area contributed by atoms with Crippen molar-refractivity contribution in [1.82, 2.24) is 0 Å². The predicted octanol–water partition coefficient (Wildman–Crippen LogP) is 23.5. The molecule has 6 heteroatoms. The normalized spacial score (nSPS) is 11.9. The van der Waals surface area contributed by atoms with Crippen LogP contribution in [0.3, 0.4) is 0 Å². The minimum absolute atomic E-state index is 0.0608. The highest BCUT2D eigenvalue weighted by atomic mass is 16.6. The highest BCUT2D eigenvalue weighted by Gasteiger charge is 2.19. The molecule has 0 amide bonds. The molecule has 0 spiro atoms. The van der Waals surface area contributed by atoms with Gasteiger partial charge in [-0.05, 0) is 19.3 Å². The lowest BCUT2D eigenvalue weighted by molar-refractivity contribution is -0.167. The van der Waals surface area contributed by atoms with Gasteiger partial charge in [0.05, 0.1) is 0 Å². The van der Waals surface area contributed by atoms with Crippen molar-refractivity contribution in [3.8, 4) is 0 Å². The van der Waals surface area contributed by atoms with Crippen molar-refractivity contribution in [2.45, 2.75) is 412 Å². The molecule has 0 aromatic rings. The smallest absolute Gasteiger partial charge is 0.306 e. The van der Waals surface area contributed by atoms with E-state index < -0.39 is 6.10 Å². The third-order valence-electron chi connectivity index (χ3n) is 16.1. The van der Waals surface area contributed by atoms with E-state index in [-0.39, 0.29) is 31.1 Å². The quantitative estimate of drug-likeness (QED) is 0.0343. The maximum absolute atomic E-state index is 12.9. The Bertz CT molecular complexity index is 1120. The number of rotatable bonds is 65. The van der Waals surface area contributed by atoms with Gasteiger partial charge in [0, 0.05) is 19.3 Å². The Morgan fingerprint density at radius 3 is 0.533 bits per heavy atom. The van der Waals surface area contributed by atoms with Gasteiger partial charge >= 0.3 is 17.9 Å². The summed E-state index contributed by atoms with van der Waals surface area (Å²) in [6, 6.07) is 0. The first-order chi connectivity index (χ1) is 37.0. The molecule has 0 aliphatic heterocycles. The van der Waals surface area contributed by atoms with Gasteiger partial charge in [0.15, 0.2) is 6.10 Å². The number of ether oxygens (including phenoxy) is 3. The van der Waals surface area contributed by atoms with Crippen molar-refractivity contribution in [2.24, 2.45) is 0 Å². The first-order valence-electron chi connectivity index (χ1n) is 34.5. The second-order valence-electron chi connectivity index (χ2n) is 23.8. The number of unbranched alkanes of at least 4 members (excludes halogenated alkanes) is 54. The van der Waals surface area contributed by atoms with Gasteiger partial charge in [0.25, 0.3) is 0 Å². The lowest BCUT2D eigenvalue weighted by Crippen LogP contribution is -2.30. The summed E-state index contributed by atoms with van der Waals surface area (Å²) < 4.78 is 16.9. The minimum atomic E-state index is -0.762. The summed E-state index contributed by atoms with van der Waals surface area (Å²) in [7, 11) is 0. The maximum atomic E-state index is 12.9. The maximum Gasteiger partial charge on any atom is 0.306 e. The molecular weight excluding hydrogens is 925 g/mol. The van der Waals surface area contributed by atoms with E-state index in [0.29, 0.717) is 19.3 Å². The van der Waals surface area contributed by atoms with Crippen LogP contribution < -0.4 is 0 Å². The summed E-state index contributed by atoms with van der Waals surface area (Å²) in [4.78, 5) is 38.2. The van der Waals surface area contributed by atoms with Crippen molar-refractivity contribution in [1.29, 1.82) is 0 Å². The second-order valence-corrected chi connectivity index (χ2v) is 23.8. The lowest BCUT2D eigenvalue weighted by Gasteiger charge is -2.18. The van der Waals surface area contributed by atoms with Crippen LogP contribution >= 0.6 is 0 Å². The fraction of sp³-hybridized carbons (Fsp3) is 0.957. The average Bonchev–Trinajstić information content (AvgIpc) is 3.41. The summed E-state index contributed by atoms with van der Waals surface area (Å²) >= 11 is 0. The zero-order valence-electron chi connectivity index (χ0n) is 51.4. The molecular formula is C69H134O6. The molecule has 446 valence electrons. The molecule has 6 nitrogen and oxygen atoms in total. The van der Waals surface area contributed by atoms with E-state index in [1.165, 1.54) is 308 Å². The van der Waals surface area contributed by atoms with E-state index in [4.69, 9.17) is 14.2 Å². The Balaban J connectivity index is 4.00. The standard InChI is InChI=1S/C69H134O6/c1-4-7-10-13-16-19-22-25-26-27-28-29-30-31-32-33-34-35-36-37-38-39-40-41-42-43-45-47-50-53-56-59-62-68(71)74-65-66(64-73-67(70)61-58-55-52-49-46-24-21-18-15-12-9-6-3)75-69(72)63-60-57-54-51-48-44-23-20-17-14-11-8-5-2/h66H,4-65H2,1-3H3. The van der Waals surface area contributed by atoms with Crippen LogP contribution in [0.2, 0.25) is 0 Å². The predicted molar refractivity (Wildman–Crippen MR) is 326 cm³/mol. The summed E-state index contributed by atoms with van der Waals surface area (Å²) in [6.07, 6.45) is 75.8. The molecule has 0 aromatic carbocycles. The van der Waals surface area contributed by atoms with Crippen molar-refractivity contribution in [3.63, 3.8) is 0 Å². The van der Waals surface area contributed by atoms with E-state index >= 15 is 0 Å². The van der Waals surface area contributed by atoms with Crippen molar-refractivity contribution in [3.05, 3.63) is 0 Å². The molecule has 1 unspecified atom stereocenters. The Hall–Kier alpha value is -1.59. The van der Waals surface area contributed by atoms with Crippen LogP contribution in [0.5, 0.6) is 0 Å². The molecule has 0 N–H and O–H groups in total. The van der Waals surface area contributed by atoms with Crippen LogP contribution in [0.4, 0.5) is 0 Å². The van der Waals surface area contributed by atoms with Crippen LogP contribution in [0, 0.1) is 0 Å². The fourth-order valence-electron chi connectivity index (χ4n) is 10.9. The van der Waals surface area contributed by atoms with Gasteiger partial charge in [0.1, 0.15) is 13.2 Å². The van der Waals surface area contributed by atoms with Crippen molar-refractivity contribution < 1.29 is 28.6 Å². The van der Waals surface area contributed by atoms with Crippen molar-refractivity contribution in [2.75, 3.05) is 13.2 Å². The Morgan fingerprint density at radius 1 is 0.213 bits per heavy atom. The van der Waals surface area contributed by atoms with Crippen molar-refractivity contribution >= 4 is 17.9 Å². The number of carbonyl (C=O) groups is 3. The van der Waals surface area contributed by atoms with Gasteiger partial charge in [-0.3, -0.25) is 14.4 Å². The Kier molecular flexibility index (Phi) is 63.6. The zero-order valence-corrected chi connectivity index (χ0v) is 51.4. The summed E-state index contributed by atoms with van der Waals surface area (Å²) in [5.41, 5.74) is 0. The van der Waals surface area contributed by atoms with E-state index in [9.17, 15) is 14.4 Å². The Morgan fingerprint density at radius 2 is 0.360 bits per heavy atom. The number of esters is 3. The van der Waals surface area contributed by atoms with Crippen LogP contribution in [-0.2, 0) is 28.6 Å². The molecule has 0 saturated heterocycles. The molecule has 0 fully saturated rings. The zero-order chi connectivity index (χ0) is 54.3. The van der Waals surface area contributed by atoms with Gasteiger partial charge in [-0.25, -0.2) is 0 Å². The van der Waals surface area contributed by atoms with Crippen LogP contribution in [0.25, 0.3) is 0 Å². The fourth-order valence-corrected chi connectivity index (χ4v) is 10.9. The van der Waals surface area contributed by atoms with Crippen LogP contribution in [-0.4, -0.2) is 37.2 Å². The number of carbonyl (C=O) groups excluding carboxylic acids is 3. The second kappa shape index (κ2) is 64.9. The summed E-state index contributed by atoms with van der Waals surface area (Å²) in [6.45, 7) is 6.72. The lowest BCUT2D eigenvalue weighted by atomic mass is 10.0. The Labute approximate surface area is 469 Å². The summed E-state index contributed by atoms with van der Waals surface area (Å²) in [5, 5.41) is 0. The van der Waals surface area contributed by atoms with E-state index in [2.05, 4.69) is 20.8 Å². The van der Waals surface area contributed by atoms with Gasteiger partial charge < -0.3 is 14.2 Å². The number of hydrogen-bond donors (Lipinski definition) is 0. The van der Waals surface area contributed by atoms with E-state index in [0.717, 1.165) is 57.8 Å². The molecule has 0 heterocycles. The highest BCUT2D eigenvalue weighted by molar-refractivity contribution is 5.71. The van der Waals surface area contributed by atoms with E-state index in [1.54, 1.807) is 0 Å². The molecule has 0 aliphatic carbocycles. The third kappa shape index (κ3) is 63.1. The van der Waals surface area contributed by atoms with Gasteiger partial charge in [-0.1, -0.05) is 367 Å². The molecule has 0 aromatic heterocycles. The van der Waals surface area contributed by atoms with Gasteiger partial charge in [-0.2, -0.15) is 0 Å².